The number of nitrogens with zero attached hydrogens (tertiary/aromatic N) is 2. The van der Waals surface area contributed by atoms with Crippen LogP contribution in [-0.4, -0.2) is 68.6 Å². The van der Waals surface area contributed by atoms with Crippen molar-refractivity contribution in [2.45, 2.75) is 13.0 Å². The number of rotatable bonds is 8. The van der Waals surface area contributed by atoms with Gasteiger partial charge in [0, 0.05) is 57.8 Å². The van der Waals surface area contributed by atoms with Gasteiger partial charge in [-0.1, -0.05) is 0 Å². The van der Waals surface area contributed by atoms with E-state index in [2.05, 4.69) is 10.2 Å². The summed E-state index contributed by atoms with van der Waals surface area (Å²) in [5, 5.41) is 2.51. The van der Waals surface area contributed by atoms with Crippen molar-refractivity contribution in [1.29, 1.82) is 0 Å². The third-order valence-electron chi connectivity index (χ3n) is 5.34. The molecule has 9 heteroatoms. The number of benzene rings is 2. The van der Waals surface area contributed by atoms with Crippen molar-refractivity contribution in [2.24, 2.45) is 0 Å². The highest BCUT2D eigenvalue weighted by Gasteiger charge is 2.21. The lowest BCUT2D eigenvalue weighted by Crippen LogP contribution is -2.48. The van der Waals surface area contributed by atoms with Gasteiger partial charge >= 0.3 is 0 Å². The van der Waals surface area contributed by atoms with E-state index >= 15 is 0 Å². The monoisotopic (exact) mass is 447 g/mol. The Balaban J connectivity index is 1.43. The topological polar surface area (TPSA) is 71.1 Å². The van der Waals surface area contributed by atoms with Crippen LogP contribution < -0.4 is 14.8 Å². The molecule has 1 aliphatic rings. The molecule has 7 nitrogen and oxygen atoms in total. The van der Waals surface area contributed by atoms with Gasteiger partial charge in [-0.3, -0.25) is 14.5 Å². The smallest absolute Gasteiger partial charge is 0.254 e. The minimum atomic E-state index is -0.932. The number of ether oxygens (including phenoxy) is 2. The quantitative estimate of drug-likeness (QED) is 0.673. The molecule has 0 atom stereocenters. The second-order valence-corrected chi connectivity index (χ2v) is 7.51. The van der Waals surface area contributed by atoms with E-state index in [4.69, 9.17) is 9.47 Å². The molecule has 2 amide bonds. The molecule has 0 spiro atoms. The van der Waals surface area contributed by atoms with Gasteiger partial charge in [-0.25, -0.2) is 8.78 Å². The van der Waals surface area contributed by atoms with Gasteiger partial charge in [-0.15, -0.1) is 0 Å². The van der Waals surface area contributed by atoms with Crippen molar-refractivity contribution < 1.29 is 27.8 Å². The first-order chi connectivity index (χ1) is 15.4. The van der Waals surface area contributed by atoms with Gasteiger partial charge < -0.3 is 19.7 Å². The van der Waals surface area contributed by atoms with Crippen molar-refractivity contribution in [3.8, 4) is 11.5 Å². The molecule has 0 aliphatic carbocycles. The van der Waals surface area contributed by atoms with E-state index in [-0.39, 0.29) is 24.4 Å². The molecule has 1 N–H and O–H groups in total. The summed E-state index contributed by atoms with van der Waals surface area (Å²) < 4.78 is 37.2. The molecule has 2 aromatic carbocycles. The minimum Gasteiger partial charge on any atom is -0.497 e. The number of carbonyl (C=O) groups excluding carboxylic acids is 2. The third kappa shape index (κ3) is 6.16. The van der Waals surface area contributed by atoms with E-state index in [9.17, 15) is 18.4 Å². The number of hydrogen-bond donors (Lipinski definition) is 1. The molecule has 1 saturated heterocycles. The van der Waals surface area contributed by atoms with Crippen LogP contribution in [0.5, 0.6) is 11.5 Å². The van der Waals surface area contributed by atoms with Crippen molar-refractivity contribution in [3.05, 3.63) is 59.2 Å². The van der Waals surface area contributed by atoms with E-state index in [1.54, 1.807) is 19.1 Å². The van der Waals surface area contributed by atoms with Crippen LogP contribution in [0.3, 0.4) is 0 Å². The predicted octanol–water partition coefficient (Wildman–Crippen LogP) is 2.45. The fourth-order valence-corrected chi connectivity index (χ4v) is 3.58. The van der Waals surface area contributed by atoms with Crippen LogP contribution in [0.1, 0.15) is 22.3 Å². The molecule has 1 heterocycles. The zero-order valence-electron chi connectivity index (χ0n) is 18.2. The lowest BCUT2D eigenvalue weighted by molar-refractivity contribution is -0.132. The molecular formula is C23H27F2N3O4. The molecule has 172 valence electrons. The Bertz CT molecular complexity index is 940. The first-order valence-corrected chi connectivity index (χ1v) is 10.3. The van der Waals surface area contributed by atoms with Gasteiger partial charge in [0.2, 0.25) is 5.91 Å². The number of carbonyl (C=O) groups is 2. The Kier molecular flexibility index (Phi) is 7.99. The van der Waals surface area contributed by atoms with Gasteiger partial charge in [0.15, 0.2) is 0 Å². The fourth-order valence-electron chi connectivity index (χ4n) is 3.58. The predicted molar refractivity (Wildman–Crippen MR) is 115 cm³/mol. The second kappa shape index (κ2) is 10.9. The summed E-state index contributed by atoms with van der Waals surface area (Å²) in [7, 11) is 3.23. The largest absolute Gasteiger partial charge is 0.497 e. The van der Waals surface area contributed by atoms with Crippen LogP contribution in [-0.2, 0) is 11.3 Å². The molecule has 0 radical (unpaired) electrons. The third-order valence-corrected chi connectivity index (χ3v) is 5.34. The van der Waals surface area contributed by atoms with Crippen LogP contribution in [0.15, 0.2) is 36.4 Å². The number of piperazine rings is 1. The van der Waals surface area contributed by atoms with Crippen molar-refractivity contribution in [3.63, 3.8) is 0 Å². The summed E-state index contributed by atoms with van der Waals surface area (Å²) in [6.45, 7) is 3.41. The highest BCUT2D eigenvalue weighted by atomic mass is 19.1. The standard InChI is InChI=1S/C23H27F2N3O4/c1-31-18-11-16(12-19(14-18)32-2)15-27-7-9-28(10-8-27)22(29)5-6-26-23(30)20-4-3-17(24)13-21(20)25/h3-4,11-14H,5-10,15H2,1-2H3,(H,26,30). The number of nitrogens with one attached hydrogen (secondary N) is 1. The van der Waals surface area contributed by atoms with E-state index in [0.29, 0.717) is 19.2 Å². The van der Waals surface area contributed by atoms with E-state index in [0.717, 1.165) is 48.8 Å². The second-order valence-electron chi connectivity index (χ2n) is 7.51. The van der Waals surface area contributed by atoms with Crippen LogP contribution in [0.4, 0.5) is 8.78 Å². The SMILES string of the molecule is COc1cc(CN2CCN(C(=O)CCNC(=O)c3ccc(F)cc3F)CC2)cc(OC)c1. The molecule has 0 unspecified atom stereocenters. The first-order valence-electron chi connectivity index (χ1n) is 10.3. The maximum Gasteiger partial charge on any atom is 0.254 e. The lowest BCUT2D eigenvalue weighted by Gasteiger charge is -2.35. The van der Waals surface area contributed by atoms with E-state index in [1.807, 2.05) is 18.2 Å². The molecule has 1 fully saturated rings. The van der Waals surface area contributed by atoms with Crippen LogP contribution in [0, 0.1) is 11.6 Å². The Hall–Kier alpha value is -3.20. The van der Waals surface area contributed by atoms with Gasteiger partial charge in [0.05, 0.1) is 19.8 Å². The van der Waals surface area contributed by atoms with Gasteiger partial charge in [-0.2, -0.15) is 0 Å². The molecule has 1 aliphatic heterocycles. The van der Waals surface area contributed by atoms with Crippen molar-refractivity contribution >= 4 is 11.8 Å². The Morgan fingerprint density at radius 1 is 0.969 bits per heavy atom. The summed E-state index contributed by atoms with van der Waals surface area (Å²) in [5.74, 6) is -0.967. The normalized spacial score (nSPS) is 14.2. The number of halogens is 2. The highest BCUT2D eigenvalue weighted by molar-refractivity contribution is 5.94. The van der Waals surface area contributed by atoms with Crippen LogP contribution in [0.2, 0.25) is 0 Å². The fraction of sp³-hybridized carbons (Fsp3) is 0.391. The van der Waals surface area contributed by atoms with Crippen molar-refractivity contribution in [1.82, 2.24) is 15.1 Å². The van der Waals surface area contributed by atoms with E-state index < -0.39 is 17.5 Å². The molecule has 32 heavy (non-hydrogen) atoms. The van der Waals surface area contributed by atoms with Gasteiger partial charge in [0.1, 0.15) is 23.1 Å². The van der Waals surface area contributed by atoms with Crippen molar-refractivity contribution in [2.75, 3.05) is 46.9 Å². The minimum absolute atomic E-state index is 0.0763. The van der Waals surface area contributed by atoms with Crippen LogP contribution >= 0.6 is 0 Å². The highest BCUT2D eigenvalue weighted by Crippen LogP contribution is 2.23. The maximum absolute atomic E-state index is 13.7. The Morgan fingerprint density at radius 2 is 1.62 bits per heavy atom. The Morgan fingerprint density at radius 3 is 2.22 bits per heavy atom. The lowest BCUT2D eigenvalue weighted by atomic mass is 10.1. The average molecular weight is 447 g/mol. The zero-order chi connectivity index (χ0) is 23.1. The number of hydrogen-bond acceptors (Lipinski definition) is 5. The molecule has 0 saturated carbocycles. The number of methoxy groups -OCH3 is 2. The average Bonchev–Trinajstić information content (AvgIpc) is 2.79. The summed E-state index contributed by atoms with van der Waals surface area (Å²) in [4.78, 5) is 28.5. The molecule has 0 bridgehead atoms. The Labute approximate surface area is 185 Å². The first kappa shape index (κ1) is 23.5. The molecular weight excluding hydrogens is 420 g/mol. The van der Waals surface area contributed by atoms with Crippen LogP contribution in [0.25, 0.3) is 0 Å². The van der Waals surface area contributed by atoms with Gasteiger partial charge in [0.25, 0.3) is 5.91 Å². The maximum atomic E-state index is 13.7. The summed E-state index contributed by atoms with van der Waals surface area (Å²) in [5.41, 5.74) is 0.818. The number of amides is 2. The summed E-state index contributed by atoms with van der Waals surface area (Å²) in [6.07, 6.45) is 0.113. The molecule has 2 aromatic rings. The molecule has 3 rings (SSSR count). The summed E-state index contributed by atoms with van der Waals surface area (Å²) in [6, 6.07) is 8.51. The van der Waals surface area contributed by atoms with E-state index in [1.165, 1.54) is 0 Å². The van der Waals surface area contributed by atoms with Gasteiger partial charge in [-0.05, 0) is 29.8 Å². The molecule has 0 aromatic heterocycles. The zero-order valence-corrected chi connectivity index (χ0v) is 18.2. The summed E-state index contributed by atoms with van der Waals surface area (Å²) >= 11 is 0.